The lowest BCUT2D eigenvalue weighted by Crippen LogP contribution is -2.38. The highest BCUT2D eigenvalue weighted by Gasteiger charge is 2.22. The zero-order chi connectivity index (χ0) is 12.3. The number of carbonyl (C=O) groups is 1. The van der Waals surface area contributed by atoms with Crippen molar-refractivity contribution in [3.8, 4) is 0 Å². The first-order chi connectivity index (χ1) is 7.41. The number of H-pyrrole nitrogens is 2. The second-order valence-corrected chi connectivity index (χ2v) is 3.56. The van der Waals surface area contributed by atoms with Crippen LogP contribution in [0.3, 0.4) is 0 Å². The van der Waals surface area contributed by atoms with Crippen LogP contribution >= 0.6 is 0 Å². The maximum Gasteiger partial charge on any atom is 0.342 e. The summed E-state index contributed by atoms with van der Waals surface area (Å²) in [6, 6.07) is -0.945. The van der Waals surface area contributed by atoms with Crippen molar-refractivity contribution >= 4 is 11.8 Å². The Bertz CT molecular complexity index is 489. The molecule has 0 aliphatic heterocycles. The standard InChI is InChI=1S/C8H12N4O4/c1-3(2)4(7(14)15)9-5-6(13)10-8(16)12-11-5/h3-4H,1-2H3,(H,9,11)(H,14,15)(H2,10,12,13,16)/t4-/m0/s1. The summed E-state index contributed by atoms with van der Waals surface area (Å²) in [4.78, 5) is 34.7. The van der Waals surface area contributed by atoms with Crippen LogP contribution in [0.5, 0.6) is 0 Å². The highest BCUT2D eigenvalue weighted by molar-refractivity contribution is 5.77. The fraction of sp³-hybridized carbons (Fsp3) is 0.500. The predicted molar refractivity (Wildman–Crippen MR) is 55.4 cm³/mol. The van der Waals surface area contributed by atoms with Crippen molar-refractivity contribution in [3.05, 3.63) is 20.8 Å². The van der Waals surface area contributed by atoms with E-state index in [1.807, 2.05) is 10.1 Å². The summed E-state index contributed by atoms with van der Waals surface area (Å²) in [5, 5.41) is 16.8. The van der Waals surface area contributed by atoms with Crippen LogP contribution in [-0.4, -0.2) is 32.3 Å². The maximum absolute atomic E-state index is 11.2. The molecule has 0 unspecified atom stereocenters. The molecule has 0 spiro atoms. The second kappa shape index (κ2) is 4.60. The van der Waals surface area contributed by atoms with Crippen LogP contribution in [0.2, 0.25) is 0 Å². The SMILES string of the molecule is CC(C)[C@H](Nc1n[nH]c(=O)[nH]c1=O)C(=O)O. The van der Waals surface area contributed by atoms with Crippen molar-refractivity contribution < 1.29 is 9.90 Å². The molecule has 1 heterocycles. The van der Waals surface area contributed by atoms with Gasteiger partial charge in [0.1, 0.15) is 6.04 Å². The third kappa shape index (κ3) is 2.69. The average molecular weight is 228 g/mol. The van der Waals surface area contributed by atoms with Gasteiger partial charge in [0.25, 0.3) is 5.56 Å². The van der Waals surface area contributed by atoms with Gasteiger partial charge in [-0.2, -0.15) is 0 Å². The number of carboxylic acids is 1. The molecular weight excluding hydrogens is 216 g/mol. The molecule has 4 N–H and O–H groups in total. The quantitative estimate of drug-likeness (QED) is 0.522. The average Bonchev–Trinajstić information content (AvgIpc) is 2.15. The monoisotopic (exact) mass is 228 g/mol. The molecule has 0 amide bonds. The third-order valence-corrected chi connectivity index (χ3v) is 1.94. The summed E-state index contributed by atoms with van der Waals surface area (Å²) >= 11 is 0. The first kappa shape index (κ1) is 12.0. The van der Waals surface area contributed by atoms with Gasteiger partial charge in [0.2, 0.25) is 5.82 Å². The van der Waals surface area contributed by atoms with Crippen LogP contribution in [0.1, 0.15) is 13.8 Å². The summed E-state index contributed by atoms with van der Waals surface area (Å²) in [6.45, 7) is 3.37. The third-order valence-electron chi connectivity index (χ3n) is 1.94. The highest BCUT2D eigenvalue weighted by atomic mass is 16.4. The van der Waals surface area contributed by atoms with Crippen LogP contribution in [0.15, 0.2) is 9.59 Å². The predicted octanol–water partition coefficient (Wildman–Crippen LogP) is -1.02. The largest absolute Gasteiger partial charge is 0.480 e. The minimum absolute atomic E-state index is 0.222. The van der Waals surface area contributed by atoms with Crippen molar-refractivity contribution in [1.29, 1.82) is 0 Å². The number of nitrogens with one attached hydrogen (secondary N) is 3. The van der Waals surface area contributed by atoms with E-state index in [0.717, 1.165) is 0 Å². The molecule has 1 rings (SSSR count). The number of aliphatic carboxylic acids is 1. The molecule has 0 fully saturated rings. The number of aromatic amines is 2. The van der Waals surface area contributed by atoms with E-state index in [0.29, 0.717) is 0 Å². The molecule has 0 bridgehead atoms. The summed E-state index contributed by atoms with van der Waals surface area (Å²) in [7, 11) is 0. The topological polar surface area (TPSA) is 128 Å². The Hall–Kier alpha value is -2.12. The summed E-state index contributed by atoms with van der Waals surface area (Å²) in [5.41, 5.74) is -1.50. The fourth-order valence-electron chi connectivity index (χ4n) is 1.11. The first-order valence-corrected chi connectivity index (χ1v) is 4.60. The summed E-state index contributed by atoms with van der Waals surface area (Å²) in [6.07, 6.45) is 0. The van der Waals surface area contributed by atoms with Gasteiger partial charge in [0.15, 0.2) is 0 Å². The Morgan fingerprint density at radius 3 is 2.50 bits per heavy atom. The highest BCUT2D eigenvalue weighted by Crippen LogP contribution is 2.06. The van der Waals surface area contributed by atoms with E-state index >= 15 is 0 Å². The van der Waals surface area contributed by atoms with Crippen molar-refractivity contribution in [1.82, 2.24) is 15.2 Å². The molecule has 88 valence electrons. The summed E-state index contributed by atoms with van der Waals surface area (Å²) in [5.74, 6) is -1.55. The Labute approximate surface area is 89.7 Å². The zero-order valence-electron chi connectivity index (χ0n) is 8.77. The van der Waals surface area contributed by atoms with Crippen molar-refractivity contribution in [3.63, 3.8) is 0 Å². The number of carboxylic acid groups (broad SMARTS) is 1. The lowest BCUT2D eigenvalue weighted by atomic mass is 10.1. The Balaban J connectivity index is 2.99. The molecular formula is C8H12N4O4. The van der Waals surface area contributed by atoms with Crippen LogP contribution in [0.4, 0.5) is 5.82 Å². The first-order valence-electron chi connectivity index (χ1n) is 4.60. The molecule has 8 nitrogen and oxygen atoms in total. The molecule has 0 saturated heterocycles. The van der Waals surface area contributed by atoms with Gasteiger partial charge in [0, 0.05) is 0 Å². The van der Waals surface area contributed by atoms with Gasteiger partial charge in [-0.1, -0.05) is 13.8 Å². The molecule has 0 aliphatic rings. The van der Waals surface area contributed by atoms with Crippen LogP contribution in [0.25, 0.3) is 0 Å². The number of rotatable bonds is 4. The van der Waals surface area contributed by atoms with Gasteiger partial charge in [0.05, 0.1) is 0 Å². The van der Waals surface area contributed by atoms with Crippen LogP contribution < -0.4 is 16.6 Å². The number of hydrogen-bond acceptors (Lipinski definition) is 5. The minimum Gasteiger partial charge on any atom is -0.480 e. The Morgan fingerprint density at radius 2 is 2.06 bits per heavy atom. The van der Waals surface area contributed by atoms with E-state index < -0.39 is 23.3 Å². The van der Waals surface area contributed by atoms with E-state index in [4.69, 9.17) is 5.11 Å². The second-order valence-electron chi connectivity index (χ2n) is 3.56. The number of nitrogens with zero attached hydrogens (tertiary/aromatic N) is 1. The summed E-state index contributed by atoms with van der Waals surface area (Å²) < 4.78 is 0. The van der Waals surface area contributed by atoms with Gasteiger partial charge >= 0.3 is 11.7 Å². The van der Waals surface area contributed by atoms with Crippen molar-refractivity contribution in [2.75, 3.05) is 5.32 Å². The fourth-order valence-corrected chi connectivity index (χ4v) is 1.11. The van der Waals surface area contributed by atoms with Gasteiger partial charge in [-0.05, 0) is 5.92 Å². The molecule has 0 aromatic carbocycles. The van der Waals surface area contributed by atoms with Gasteiger partial charge in [-0.15, -0.1) is 5.10 Å². The molecule has 8 heteroatoms. The molecule has 0 radical (unpaired) electrons. The molecule has 1 aromatic rings. The van der Waals surface area contributed by atoms with Gasteiger partial charge in [-0.3, -0.25) is 9.78 Å². The molecule has 0 aliphatic carbocycles. The Morgan fingerprint density at radius 1 is 1.44 bits per heavy atom. The number of hydrogen-bond donors (Lipinski definition) is 4. The van der Waals surface area contributed by atoms with Crippen LogP contribution in [0, 0.1) is 5.92 Å². The van der Waals surface area contributed by atoms with Gasteiger partial charge in [-0.25, -0.2) is 14.7 Å². The molecule has 0 saturated carbocycles. The smallest absolute Gasteiger partial charge is 0.342 e. The van der Waals surface area contributed by atoms with Crippen molar-refractivity contribution in [2.45, 2.75) is 19.9 Å². The van der Waals surface area contributed by atoms with E-state index in [1.54, 1.807) is 13.8 Å². The minimum atomic E-state index is -1.10. The molecule has 1 aromatic heterocycles. The van der Waals surface area contributed by atoms with E-state index in [9.17, 15) is 14.4 Å². The van der Waals surface area contributed by atoms with Crippen LogP contribution in [-0.2, 0) is 4.79 Å². The molecule has 1 atom stereocenters. The normalized spacial score (nSPS) is 12.4. The number of aromatic nitrogens is 3. The maximum atomic E-state index is 11.2. The Kier molecular flexibility index (Phi) is 3.44. The van der Waals surface area contributed by atoms with E-state index in [-0.39, 0.29) is 11.7 Å². The lowest BCUT2D eigenvalue weighted by Gasteiger charge is -2.17. The lowest BCUT2D eigenvalue weighted by molar-refractivity contribution is -0.138. The zero-order valence-corrected chi connectivity index (χ0v) is 8.77. The van der Waals surface area contributed by atoms with Gasteiger partial charge < -0.3 is 10.4 Å². The van der Waals surface area contributed by atoms with E-state index in [2.05, 4.69) is 10.4 Å². The van der Waals surface area contributed by atoms with E-state index in [1.165, 1.54) is 0 Å². The van der Waals surface area contributed by atoms with Crippen molar-refractivity contribution in [2.24, 2.45) is 5.92 Å². The number of anilines is 1. The molecule has 16 heavy (non-hydrogen) atoms.